The number of piperidine rings is 1. The molecule has 0 aromatic heterocycles. The summed E-state index contributed by atoms with van der Waals surface area (Å²) in [5, 5.41) is 14.5. The molecule has 2 heterocycles. The van der Waals surface area contributed by atoms with Crippen molar-refractivity contribution in [3.63, 3.8) is 0 Å². The second kappa shape index (κ2) is 4.80. The van der Waals surface area contributed by atoms with Gasteiger partial charge in [-0.15, -0.1) is 0 Å². The lowest BCUT2D eigenvalue weighted by Gasteiger charge is -2.37. The van der Waals surface area contributed by atoms with Crippen molar-refractivity contribution in [2.45, 2.75) is 56.7 Å². The van der Waals surface area contributed by atoms with E-state index in [9.17, 15) is 5.11 Å². The monoisotopic (exact) mass is 261 g/mol. The summed E-state index contributed by atoms with van der Waals surface area (Å²) in [5.41, 5.74) is 1.78. The molecule has 0 saturated carbocycles. The normalized spacial score (nSPS) is 33.4. The lowest BCUT2D eigenvalue weighted by molar-refractivity contribution is -0.00650. The van der Waals surface area contributed by atoms with Crippen molar-refractivity contribution in [2.24, 2.45) is 0 Å². The number of aryl methyl sites for hydroxylation is 1. The Bertz CT molecular complexity index is 460. The van der Waals surface area contributed by atoms with Gasteiger partial charge in [-0.05, 0) is 44.2 Å². The number of ether oxygens (including phenoxy) is 1. The molecule has 3 rings (SSSR count). The van der Waals surface area contributed by atoms with Crippen molar-refractivity contribution in [3.05, 3.63) is 29.3 Å². The molecular weight excluding hydrogens is 238 g/mol. The molecule has 1 aromatic rings. The molecule has 104 valence electrons. The fourth-order valence-electron chi connectivity index (χ4n) is 3.77. The van der Waals surface area contributed by atoms with Gasteiger partial charge < -0.3 is 15.2 Å². The Morgan fingerprint density at radius 2 is 2.00 bits per heavy atom. The summed E-state index contributed by atoms with van der Waals surface area (Å²) < 4.78 is 5.43. The number of nitrogens with one attached hydrogen (secondary N) is 1. The molecule has 2 atom stereocenters. The first-order chi connectivity index (χ1) is 9.08. The van der Waals surface area contributed by atoms with Gasteiger partial charge in [0.05, 0.1) is 12.7 Å². The number of methoxy groups -OCH3 is 1. The molecule has 3 nitrogen and oxygen atoms in total. The van der Waals surface area contributed by atoms with Gasteiger partial charge in [0, 0.05) is 18.5 Å². The lowest BCUT2D eigenvalue weighted by Crippen LogP contribution is -2.49. The second-order valence-electron chi connectivity index (χ2n) is 6.26. The minimum absolute atomic E-state index is 0.500. The summed E-state index contributed by atoms with van der Waals surface area (Å²) in [4.78, 5) is 0. The standard InChI is InChI=1S/C16H23NO2/c1-11-3-6-15(19-2)12(7-11)8-16(18)9-13-4-5-14(10-16)17-13/h3,6-7,13-14,17-18H,4-5,8-10H2,1-2H3. The van der Waals surface area contributed by atoms with Gasteiger partial charge in [0.25, 0.3) is 0 Å². The van der Waals surface area contributed by atoms with Crippen LogP contribution in [0.4, 0.5) is 0 Å². The molecule has 2 saturated heterocycles. The van der Waals surface area contributed by atoms with Gasteiger partial charge in [-0.25, -0.2) is 0 Å². The predicted octanol–water partition coefficient (Wildman–Crippen LogP) is 2.19. The highest BCUT2D eigenvalue weighted by atomic mass is 16.5. The topological polar surface area (TPSA) is 41.5 Å². The third-order valence-electron chi connectivity index (χ3n) is 4.54. The van der Waals surface area contributed by atoms with Gasteiger partial charge in [-0.2, -0.15) is 0 Å². The van der Waals surface area contributed by atoms with Crippen molar-refractivity contribution in [3.8, 4) is 5.75 Å². The van der Waals surface area contributed by atoms with E-state index in [1.54, 1.807) is 7.11 Å². The quantitative estimate of drug-likeness (QED) is 0.876. The number of rotatable bonds is 3. The zero-order chi connectivity index (χ0) is 13.5. The Hall–Kier alpha value is -1.06. The van der Waals surface area contributed by atoms with Crippen LogP contribution in [0.25, 0.3) is 0 Å². The summed E-state index contributed by atoms with van der Waals surface area (Å²) in [6.07, 6.45) is 4.84. The van der Waals surface area contributed by atoms with Crippen LogP contribution in [0, 0.1) is 6.92 Å². The van der Waals surface area contributed by atoms with E-state index in [2.05, 4.69) is 24.4 Å². The van der Waals surface area contributed by atoms with Crippen LogP contribution < -0.4 is 10.1 Å². The third-order valence-corrected chi connectivity index (χ3v) is 4.54. The minimum atomic E-state index is -0.571. The van der Waals surface area contributed by atoms with E-state index in [0.29, 0.717) is 18.5 Å². The minimum Gasteiger partial charge on any atom is -0.496 e. The van der Waals surface area contributed by atoms with Gasteiger partial charge in [0.2, 0.25) is 0 Å². The predicted molar refractivity (Wildman–Crippen MR) is 75.6 cm³/mol. The Morgan fingerprint density at radius 1 is 1.32 bits per heavy atom. The summed E-state index contributed by atoms with van der Waals surface area (Å²) in [7, 11) is 1.70. The molecule has 2 aliphatic heterocycles. The van der Waals surface area contributed by atoms with Gasteiger partial charge in [-0.3, -0.25) is 0 Å². The largest absolute Gasteiger partial charge is 0.496 e. The maximum absolute atomic E-state index is 10.9. The van der Waals surface area contributed by atoms with Crippen LogP contribution >= 0.6 is 0 Å². The number of fused-ring (bicyclic) bond motifs is 2. The van der Waals surface area contributed by atoms with Crippen molar-refractivity contribution < 1.29 is 9.84 Å². The number of benzene rings is 1. The van der Waals surface area contributed by atoms with E-state index in [-0.39, 0.29) is 0 Å². The number of hydrogen-bond donors (Lipinski definition) is 2. The summed E-state index contributed by atoms with van der Waals surface area (Å²) in [5.74, 6) is 0.893. The smallest absolute Gasteiger partial charge is 0.122 e. The Labute approximate surface area is 115 Å². The molecule has 0 amide bonds. The second-order valence-corrected chi connectivity index (χ2v) is 6.26. The maximum atomic E-state index is 10.9. The van der Waals surface area contributed by atoms with Crippen LogP contribution in [0.1, 0.15) is 36.8 Å². The molecule has 2 unspecified atom stereocenters. The van der Waals surface area contributed by atoms with Crippen LogP contribution in [0.15, 0.2) is 18.2 Å². The highest BCUT2D eigenvalue weighted by Gasteiger charge is 2.42. The SMILES string of the molecule is COc1ccc(C)cc1CC1(O)CC2CCC(C1)N2. The third kappa shape index (κ3) is 2.63. The van der Waals surface area contributed by atoms with Gasteiger partial charge in [-0.1, -0.05) is 17.7 Å². The van der Waals surface area contributed by atoms with E-state index in [1.165, 1.54) is 18.4 Å². The average Bonchev–Trinajstić information content (AvgIpc) is 2.69. The Kier molecular flexibility index (Phi) is 3.27. The van der Waals surface area contributed by atoms with Crippen molar-refractivity contribution >= 4 is 0 Å². The first kappa shape index (κ1) is 12.9. The van der Waals surface area contributed by atoms with Crippen LogP contribution in [-0.4, -0.2) is 29.9 Å². The van der Waals surface area contributed by atoms with Crippen molar-refractivity contribution in [1.29, 1.82) is 0 Å². The zero-order valence-corrected chi connectivity index (χ0v) is 11.8. The Balaban J connectivity index is 1.82. The fourth-order valence-corrected chi connectivity index (χ4v) is 3.77. The van der Waals surface area contributed by atoms with Crippen LogP contribution in [0.2, 0.25) is 0 Å². The molecule has 0 spiro atoms. The Morgan fingerprint density at radius 3 is 2.63 bits per heavy atom. The molecule has 3 heteroatoms. The van der Waals surface area contributed by atoms with Gasteiger partial charge in [0.15, 0.2) is 0 Å². The van der Waals surface area contributed by atoms with E-state index < -0.39 is 5.60 Å². The van der Waals surface area contributed by atoms with Gasteiger partial charge >= 0.3 is 0 Å². The van der Waals surface area contributed by atoms with E-state index in [0.717, 1.165) is 24.2 Å². The molecule has 0 radical (unpaired) electrons. The van der Waals surface area contributed by atoms with Crippen molar-refractivity contribution in [1.82, 2.24) is 5.32 Å². The summed E-state index contributed by atoms with van der Waals surface area (Å²) in [6.45, 7) is 2.08. The summed E-state index contributed by atoms with van der Waals surface area (Å²) >= 11 is 0. The molecule has 2 N–H and O–H groups in total. The number of aliphatic hydroxyl groups is 1. The number of hydrogen-bond acceptors (Lipinski definition) is 3. The van der Waals surface area contributed by atoms with E-state index in [4.69, 9.17) is 4.74 Å². The highest BCUT2D eigenvalue weighted by molar-refractivity contribution is 5.38. The van der Waals surface area contributed by atoms with Crippen LogP contribution in [0.3, 0.4) is 0 Å². The van der Waals surface area contributed by atoms with E-state index >= 15 is 0 Å². The first-order valence-corrected chi connectivity index (χ1v) is 7.20. The highest BCUT2D eigenvalue weighted by Crippen LogP contribution is 2.37. The average molecular weight is 261 g/mol. The maximum Gasteiger partial charge on any atom is 0.122 e. The molecule has 19 heavy (non-hydrogen) atoms. The van der Waals surface area contributed by atoms with E-state index in [1.807, 2.05) is 6.07 Å². The first-order valence-electron chi connectivity index (χ1n) is 7.20. The molecule has 2 bridgehead atoms. The molecule has 1 aromatic carbocycles. The summed E-state index contributed by atoms with van der Waals surface area (Å²) in [6, 6.07) is 7.20. The molecule has 0 aliphatic carbocycles. The zero-order valence-electron chi connectivity index (χ0n) is 11.8. The molecule has 2 fully saturated rings. The van der Waals surface area contributed by atoms with Crippen LogP contribution in [-0.2, 0) is 6.42 Å². The lowest BCUT2D eigenvalue weighted by atomic mass is 9.82. The van der Waals surface area contributed by atoms with Crippen molar-refractivity contribution in [2.75, 3.05) is 7.11 Å². The van der Waals surface area contributed by atoms with Gasteiger partial charge in [0.1, 0.15) is 5.75 Å². The molecular formula is C16H23NO2. The van der Waals surface area contributed by atoms with Crippen LogP contribution in [0.5, 0.6) is 5.75 Å². The fraction of sp³-hybridized carbons (Fsp3) is 0.625. The molecule has 2 aliphatic rings.